The number of hydrogen-bond acceptors (Lipinski definition) is 2. The van der Waals surface area contributed by atoms with E-state index in [9.17, 15) is 0 Å². The summed E-state index contributed by atoms with van der Waals surface area (Å²) < 4.78 is 1.90. The molecule has 1 N–H and O–H groups in total. The number of likely N-dealkylation sites (N-methyl/N-ethyl adjacent to an activating group) is 1. The first kappa shape index (κ1) is 13.7. The molecule has 1 unspecified atom stereocenters. The minimum atomic E-state index is 0.132. The number of nitrogens with zero attached hydrogens (tertiary/aromatic N) is 2. The molecular formula is C16H20ClN3. The highest BCUT2D eigenvalue weighted by Gasteiger charge is 2.47. The van der Waals surface area contributed by atoms with Gasteiger partial charge in [0.2, 0.25) is 0 Å². The summed E-state index contributed by atoms with van der Waals surface area (Å²) in [6.07, 6.45) is 5.37. The van der Waals surface area contributed by atoms with Gasteiger partial charge in [0.05, 0.1) is 23.0 Å². The average Bonchev–Trinajstić information content (AvgIpc) is 2.75. The van der Waals surface area contributed by atoms with E-state index in [1.54, 1.807) is 6.20 Å². The normalized spacial score (nSPS) is 18.6. The highest BCUT2D eigenvalue weighted by molar-refractivity contribution is 6.31. The van der Waals surface area contributed by atoms with Crippen LogP contribution in [-0.4, -0.2) is 16.8 Å². The van der Waals surface area contributed by atoms with Gasteiger partial charge in [-0.15, -0.1) is 0 Å². The Kier molecular flexibility index (Phi) is 3.57. The molecule has 0 aliphatic heterocycles. The zero-order valence-electron chi connectivity index (χ0n) is 11.9. The molecule has 1 saturated carbocycles. The monoisotopic (exact) mass is 289 g/mol. The molecule has 3 nitrogen and oxygen atoms in total. The summed E-state index contributed by atoms with van der Waals surface area (Å²) in [5, 5.41) is 8.52. The number of aryl methyl sites for hydroxylation is 1. The third kappa shape index (κ3) is 1.97. The second-order valence-electron chi connectivity index (χ2n) is 5.60. The van der Waals surface area contributed by atoms with Gasteiger partial charge < -0.3 is 5.32 Å². The van der Waals surface area contributed by atoms with E-state index in [1.807, 2.05) is 18.8 Å². The number of aromatic nitrogens is 2. The van der Waals surface area contributed by atoms with Crippen LogP contribution in [0.4, 0.5) is 0 Å². The van der Waals surface area contributed by atoms with E-state index >= 15 is 0 Å². The van der Waals surface area contributed by atoms with Gasteiger partial charge in [-0.05, 0) is 25.5 Å². The first-order valence-electron chi connectivity index (χ1n) is 7.09. The Morgan fingerprint density at radius 1 is 1.30 bits per heavy atom. The van der Waals surface area contributed by atoms with Crippen molar-refractivity contribution in [3.8, 4) is 0 Å². The molecule has 0 radical (unpaired) electrons. The van der Waals surface area contributed by atoms with Crippen LogP contribution in [0.1, 0.15) is 36.6 Å². The zero-order valence-corrected chi connectivity index (χ0v) is 12.7. The van der Waals surface area contributed by atoms with Crippen molar-refractivity contribution < 1.29 is 0 Å². The molecule has 3 rings (SSSR count). The lowest BCUT2D eigenvalue weighted by Crippen LogP contribution is -2.46. The Morgan fingerprint density at radius 2 is 2.00 bits per heavy atom. The lowest BCUT2D eigenvalue weighted by molar-refractivity contribution is 0.170. The Labute approximate surface area is 124 Å². The summed E-state index contributed by atoms with van der Waals surface area (Å²) in [6.45, 7) is 0. The Morgan fingerprint density at radius 3 is 2.45 bits per heavy atom. The molecule has 1 heterocycles. The molecule has 1 aromatic carbocycles. The minimum absolute atomic E-state index is 0.132. The van der Waals surface area contributed by atoms with Crippen molar-refractivity contribution in [1.82, 2.24) is 15.1 Å². The Hall–Kier alpha value is -1.32. The first-order valence-corrected chi connectivity index (χ1v) is 7.47. The van der Waals surface area contributed by atoms with Crippen molar-refractivity contribution in [3.63, 3.8) is 0 Å². The Balaban J connectivity index is 2.08. The van der Waals surface area contributed by atoms with Gasteiger partial charge in [0.25, 0.3) is 0 Å². The summed E-state index contributed by atoms with van der Waals surface area (Å²) in [5.41, 5.74) is 2.61. The number of benzene rings is 1. The van der Waals surface area contributed by atoms with E-state index in [-0.39, 0.29) is 11.5 Å². The zero-order chi connectivity index (χ0) is 14.2. The maximum atomic E-state index is 6.37. The molecule has 0 spiro atoms. The van der Waals surface area contributed by atoms with Gasteiger partial charge in [0.15, 0.2) is 0 Å². The van der Waals surface area contributed by atoms with Gasteiger partial charge in [-0.3, -0.25) is 4.68 Å². The third-order valence-corrected chi connectivity index (χ3v) is 4.94. The number of hydrogen-bond donors (Lipinski definition) is 1. The molecule has 4 heteroatoms. The van der Waals surface area contributed by atoms with Crippen LogP contribution >= 0.6 is 11.6 Å². The van der Waals surface area contributed by atoms with E-state index in [0.717, 1.165) is 10.7 Å². The van der Waals surface area contributed by atoms with Gasteiger partial charge in [0, 0.05) is 12.5 Å². The number of nitrogens with one attached hydrogen (secondary N) is 1. The van der Waals surface area contributed by atoms with E-state index < -0.39 is 0 Å². The topological polar surface area (TPSA) is 29.9 Å². The summed E-state index contributed by atoms with van der Waals surface area (Å²) in [4.78, 5) is 0. The van der Waals surface area contributed by atoms with Crippen molar-refractivity contribution >= 4 is 11.6 Å². The van der Waals surface area contributed by atoms with E-state index in [0.29, 0.717) is 0 Å². The van der Waals surface area contributed by atoms with Crippen molar-refractivity contribution in [2.24, 2.45) is 7.05 Å². The van der Waals surface area contributed by atoms with Gasteiger partial charge in [-0.1, -0.05) is 48.4 Å². The van der Waals surface area contributed by atoms with Crippen LogP contribution in [0.2, 0.25) is 5.02 Å². The Bertz CT molecular complexity index is 568. The maximum absolute atomic E-state index is 6.37. The smallest absolute Gasteiger partial charge is 0.0834 e. The van der Waals surface area contributed by atoms with Crippen molar-refractivity contribution in [2.75, 3.05) is 7.05 Å². The molecule has 1 fully saturated rings. The van der Waals surface area contributed by atoms with Crippen molar-refractivity contribution in [1.29, 1.82) is 0 Å². The van der Waals surface area contributed by atoms with Crippen molar-refractivity contribution in [3.05, 3.63) is 52.8 Å². The fourth-order valence-electron chi connectivity index (χ4n) is 3.49. The molecule has 2 aromatic rings. The van der Waals surface area contributed by atoms with Gasteiger partial charge in [-0.2, -0.15) is 5.10 Å². The highest BCUT2D eigenvalue weighted by atomic mass is 35.5. The molecule has 1 aromatic heterocycles. The van der Waals surface area contributed by atoms with Crippen LogP contribution in [0.25, 0.3) is 0 Å². The lowest BCUT2D eigenvalue weighted by atomic mass is 9.59. The van der Waals surface area contributed by atoms with Crippen LogP contribution in [0.15, 0.2) is 36.5 Å². The SMILES string of the molecule is CNC(c1c(Cl)cnn1C)C1(c2ccccc2)CCC1. The summed E-state index contributed by atoms with van der Waals surface area (Å²) in [5.74, 6) is 0. The minimum Gasteiger partial charge on any atom is -0.311 e. The molecule has 1 aliphatic rings. The quantitative estimate of drug-likeness (QED) is 0.934. The standard InChI is InChI=1S/C16H20ClN3/c1-18-15(14-13(17)11-19-20(14)2)16(9-6-10-16)12-7-4-3-5-8-12/h3-5,7-8,11,15,18H,6,9-10H2,1-2H3. The fraction of sp³-hybridized carbons (Fsp3) is 0.438. The first-order chi connectivity index (χ1) is 9.69. The summed E-state index contributed by atoms with van der Waals surface area (Å²) >= 11 is 6.37. The molecule has 0 amide bonds. The molecule has 106 valence electrons. The number of halogens is 1. The molecule has 0 bridgehead atoms. The maximum Gasteiger partial charge on any atom is 0.0834 e. The second-order valence-corrected chi connectivity index (χ2v) is 6.01. The summed E-state index contributed by atoms with van der Waals surface area (Å²) in [7, 11) is 3.97. The second kappa shape index (κ2) is 5.23. The van der Waals surface area contributed by atoms with Gasteiger partial charge >= 0.3 is 0 Å². The third-order valence-electron chi connectivity index (χ3n) is 4.65. The molecule has 1 atom stereocenters. The summed E-state index contributed by atoms with van der Waals surface area (Å²) in [6, 6.07) is 11.0. The fourth-order valence-corrected chi connectivity index (χ4v) is 3.77. The van der Waals surface area contributed by atoms with E-state index in [2.05, 4.69) is 40.7 Å². The van der Waals surface area contributed by atoms with Crippen LogP contribution < -0.4 is 5.32 Å². The van der Waals surface area contributed by atoms with Crippen LogP contribution in [0, 0.1) is 0 Å². The van der Waals surface area contributed by atoms with Crippen molar-refractivity contribution in [2.45, 2.75) is 30.7 Å². The number of rotatable bonds is 4. The van der Waals surface area contributed by atoms with Crippen LogP contribution in [0.5, 0.6) is 0 Å². The molecule has 0 saturated heterocycles. The van der Waals surface area contributed by atoms with E-state index in [1.165, 1.54) is 24.8 Å². The molecular weight excluding hydrogens is 270 g/mol. The van der Waals surface area contributed by atoms with Crippen LogP contribution in [-0.2, 0) is 12.5 Å². The predicted octanol–water partition coefficient (Wildman–Crippen LogP) is 3.46. The predicted molar refractivity (Wildman–Crippen MR) is 82.0 cm³/mol. The average molecular weight is 290 g/mol. The highest BCUT2D eigenvalue weighted by Crippen LogP contribution is 2.52. The largest absolute Gasteiger partial charge is 0.311 e. The lowest BCUT2D eigenvalue weighted by Gasteiger charge is -2.48. The van der Waals surface area contributed by atoms with Crippen LogP contribution in [0.3, 0.4) is 0 Å². The molecule has 20 heavy (non-hydrogen) atoms. The van der Waals surface area contributed by atoms with Gasteiger partial charge in [-0.25, -0.2) is 0 Å². The molecule has 1 aliphatic carbocycles. The van der Waals surface area contributed by atoms with Gasteiger partial charge in [0.1, 0.15) is 0 Å². The van der Waals surface area contributed by atoms with E-state index in [4.69, 9.17) is 11.6 Å².